The number of hydrogen-bond donors (Lipinski definition) is 6. The standard InChI is InChI=1S/C12H25.C6H8O7.Na.H2O4S/c1-3-5-7-9-11-12-10-8-6-4-2;7-3(8)1-6(13,5(11)12)2-4(9)10;;1-5(2,3)4/h1,3-12H2,2H3;13H,1-2H2,(H,7,8)(H,9,10)(H,11,12);;(H2,1,2,3,4)/q-1;;+1;. The van der Waals surface area contributed by atoms with Gasteiger partial charge in [-0.3, -0.25) is 18.7 Å². The number of carboxylic acids is 3. The molecule has 0 bridgehead atoms. The Kier molecular flexibility index (Phi) is 27.2. The first kappa shape index (κ1) is 37.5. The number of unbranched alkanes of at least 4 members (excludes halogenated alkanes) is 9. The van der Waals surface area contributed by atoms with Crippen molar-refractivity contribution < 1.29 is 81.9 Å². The van der Waals surface area contributed by atoms with Crippen LogP contribution in [0.4, 0.5) is 0 Å². The molecule has 31 heavy (non-hydrogen) atoms. The molecule has 0 aliphatic heterocycles. The predicted octanol–water partition coefficient (Wildman–Crippen LogP) is -0.156. The van der Waals surface area contributed by atoms with E-state index >= 15 is 0 Å². The predicted molar refractivity (Wildman–Crippen MR) is 108 cm³/mol. The molecule has 0 rings (SSSR count). The van der Waals surface area contributed by atoms with Gasteiger partial charge in [-0.05, 0) is 0 Å². The molecule has 0 aromatic carbocycles. The van der Waals surface area contributed by atoms with Crippen molar-refractivity contribution in [3.63, 3.8) is 0 Å². The van der Waals surface area contributed by atoms with Crippen molar-refractivity contribution in [2.24, 2.45) is 0 Å². The van der Waals surface area contributed by atoms with Crippen LogP contribution in [0.2, 0.25) is 0 Å². The van der Waals surface area contributed by atoms with E-state index in [0.29, 0.717) is 0 Å². The molecule has 0 aliphatic rings. The van der Waals surface area contributed by atoms with Crippen molar-refractivity contribution in [2.75, 3.05) is 0 Å². The Balaban J connectivity index is -0.000000189. The molecule has 180 valence electrons. The zero-order valence-electron chi connectivity index (χ0n) is 18.3. The van der Waals surface area contributed by atoms with Crippen molar-refractivity contribution in [1.82, 2.24) is 0 Å². The van der Waals surface area contributed by atoms with E-state index in [1.807, 2.05) is 0 Å². The van der Waals surface area contributed by atoms with E-state index in [2.05, 4.69) is 13.8 Å². The van der Waals surface area contributed by atoms with Crippen LogP contribution >= 0.6 is 0 Å². The van der Waals surface area contributed by atoms with Gasteiger partial charge in [-0.2, -0.15) is 14.8 Å². The summed E-state index contributed by atoms with van der Waals surface area (Å²) >= 11 is 0. The van der Waals surface area contributed by atoms with Crippen molar-refractivity contribution >= 4 is 28.3 Å². The molecular formula is C18H35NaO11S. The summed E-state index contributed by atoms with van der Waals surface area (Å²) in [6.07, 6.45) is 11.6. The molecule has 0 saturated heterocycles. The van der Waals surface area contributed by atoms with Crippen LogP contribution in [0.5, 0.6) is 0 Å². The monoisotopic (exact) mass is 482 g/mol. The summed E-state index contributed by atoms with van der Waals surface area (Å²) < 4.78 is 31.6. The topological polar surface area (TPSA) is 207 Å². The Morgan fingerprint density at radius 2 is 1.06 bits per heavy atom. The van der Waals surface area contributed by atoms with E-state index in [4.69, 9.17) is 37.9 Å². The van der Waals surface area contributed by atoms with Gasteiger partial charge >= 0.3 is 57.9 Å². The zero-order valence-corrected chi connectivity index (χ0v) is 21.1. The maximum absolute atomic E-state index is 10.3. The quantitative estimate of drug-likeness (QED) is 0.0830. The number of carboxylic acid groups (broad SMARTS) is 3. The fourth-order valence-electron chi connectivity index (χ4n) is 2.20. The maximum atomic E-state index is 10.3. The molecule has 0 amide bonds. The molecule has 0 fully saturated rings. The summed E-state index contributed by atoms with van der Waals surface area (Å²) in [5, 5.41) is 33.8. The van der Waals surface area contributed by atoms with Crippen LogP contribution in [0.3, 0.4) is 0 Å². The molecule has 0 atom stereocenters. The largest absolute Gasteiger partial charge is 1.00 e. The summed E-state index contributed by atoms with van der Waals surface area (Å²) in [4.78, 5) is 30.5. The normalized spacial score (nSPS) is 10.5. The number of aliphatic carboxylic acids is 3. The van der Waals surface area contributed by atoms with Crippen LogP contribution in [0.25, 0.3) is 0 Å². The average molecular weight is 483 g/mol. The molecule has 0 unspecified atom stereocenters. The second-order valence-electron chi connectivity index (χ2n) is 6.61. The van der Waals surface area contributed by atoms with Gasteiger partial charge in [0.15, 0.2) is 5.60 Å². The van der Waals surface area contributed by atoms with Crippen LogP contribution in [0.15, 0.2) is 0 Å². The minimum atomic E-state index is -4.67. The van der Waals surface area contributed by atoms with Gasteiger partial charge in [0.1, 0.15) is 0 Å². The van der Waals surface area contributed by atoms with Crippen LogP contribution in [0.1, 0.15) is 84.0 Å². The summed E-state index contributed by atoms with van der Waals surface area (Å²) in [6, 6.07) is 0. The summed E-state index contributed by atoms with van der Waals surface area (Å²) in [6.45, 7) is 6.12. The molecule has 13 heteroatoms. The number of rotatable bonds is 14. The van der Waals surface area contributed by atoms with Gasteiger partial charge in [-0.15, -0.1) is 0 Å². The Bertz CT molecular complexity index is 545. The van der Waals surface area contributed by atoms with E-state index in [0.717, 1.165) is 6.42 Å². The minimum Gasteiger partial charge on any atom is -0.481 e. The Morgan fingerprint density at radius 1 is 0.774 bits per heavy atom. The van der Waals surface area contributed by atoms with Gasteiger partial charge in [-0.1, -0.05) is 64.7 Å². The van der Waals surface area contributed by atoms with Crippen molar-refractivity contribution in [2.45, 2.75) is 89.6 Å². The van der Waals surface area contributed by atoms with E-state index in [-0.39, 0.29) is 29.6 Å². The number of carbonyl (C=O) groups is 3. The average Bonchev–Trinajstić information content (AvgIpc) is 2.55. The van der Waals surface area contributed by atoms with E-state index in [1.165, 1.54) is 57.8 Å². The Hall–Kier alpha value is -0.760. The first-order chi connectivity index (χ1) is 13.7. The third-order valence-corrected chi connectivity index (χ3v) is 3.64. The molecule has 6 N–H and O–H groups in total. The molecule has 0 radical (unpaired) electrons. The van der Waals surface area contributed by atoms with E-state index in [9.17, 15) is 14.4 Å². The number of aliphatic hydroxyl groups is 1. The molecule has 0 aliphatic carbocycles. The fraction of sp³-hybridized carbons (Fsp3) is 0.778. The molecule has 0 spiro atoms. The van der Waals surface area contributed by atoms with Gasteiger partial charge in [0, 0.05) is 0 Å². The van der Waals surface area contributed by atoms with Crippen molar-refractivity contribution in [3.8, 4) is 0 Å². The molecule has 0 aromatic rings. The molecule has 0 aromatic heterocycles. The maximum Gasteiger partial charge on any atom is 1.00 e. The fourth-order valence-corrected chi connectivity index (χ4v) is 2.20. The number of hydrogen-bond acceptors (Lipinski definition) is 6. The van der Waals surface area contributed by atoms with Crippen molar-refractivity contribution in [3.05, 3.63) is 6.92 Å². The summed E-state index contributed by atoms with van der Waals surface area (Å²) in [5.41, 5.74) is -2.74. The zero-order chi connectivity index (χ0) is 24.2. The third-order valence-electron chi connectivity index (χ3n) is 3.64. The van der Waals surface area contributed by atoms with Crippen LogP contribution in [0, 0.1) is 6.92 Å². The third kappa shape index (κ3) is 36.9. The smallest absolute Gasteiger partial charge is 0.481 e. The first-order valence-electron chi connectivity index (χ1n) is 9.58. The summed E-state index contributed by atoms with van der Waals surface area (Å²) in [5.74, 6) is -5.02. The van der Waals surface area contributed by atoms with Crippen LogP contribution in [-0.2, 0) is 24.8 Å². The second-order valence-corrected chi connectivity index (χ2v) is 7.50. The Morgan fingerprint density at radius 3 is 1.29 bits per heavy atom. The Labute approximate surface area is 206 Å². The second kappa shape index (κ2) is 22.4. The van der Waals surface area contributed by atoms with Gasteiger partial charge in [0.2, 0.25) is 0 Å². The van der Waals surface area contributed by atoms with Crippen LogP contribution in [-0.4, -0.2) is 61.5 Å². The van der Waals surface area contributed by atoms with E-state index in [1.54, 1.807) is 0 Å². The molecular weight excluding hydrogens is 447 g/mol. The minimum absolute atomic E-state index is 0. The van der Waals surface area contributed by atoms with Gasteiger partial charge < -0.3 is 27.3 Å². The molecule has 11 nitrogen and oxygen atoms in total. The van der Waals surface area contributed by atoms with Crippen molar-refractivity contribution in [1.29, 1.82) is 0 Å². The van der Waals surface area contributed by atoms with Gasteiger partial charge in [0.25, 0.3) is 0 Å². The van der Waals surface area contributed by atoms with Gasteiger partial charge in [-0.25, -0.2) is 4.79 Å². The molecule has 0 heterocycles. The first-order valence-corrected chi connectivity index (χ1v) is 11.0. The summed E-state index contributed by atoms with van der Waals surface area (Å²) in [7, 11) is -4.67. The van der Waals surface area contributed by atoms with Crippen LogP contribution < -0.4 is 29.6 Å². The van der Waals surface area contributed by atoms with Gasteiger partial charge in [0.05, 0.1) is 12.8 Å². The molecule has 0 saturated carbocycles. The van der Waals surface area contributed by atoms with E-state index < -0.39 is 46.7 Å². The SMILES string of the molecule is O=C(O)CC(O)(CC(=O)O)C(=O)O.O=S(=O)(O)O.[CH2-]CCCCCCCCCCC.[Na+].